The maximum absolute atomic E-state index is 13.6. The number of ether oxygens (including phenoxy) is 4. The van der Waals surface area contributed by atoms with Gasteiger partial charge < -0.3 is 39.1 Å². The molecule has 0 fully saturated rings. The van der Waals surface area contributed by atoms with Crippen molar-refractivity contribution in [3.8, 4) is 11.5 Å². The predicted molar refractivity (Wildman–Crippen MR) is 158 cm³/mol. The molecule has 0 aliphatic rings. The predicted octanol–water partition coefficient (Wildman–Crippen LogP) is 3.09. The molecule has 11 heteroatoms. The molecule has 226 valence electrons. The van der Waals surface area contributed by atoms with Gasteiger partial charge in [-0.15, -0.1) is 0 Å². The van der Waals surface area contributed by atoms with Gasteiger partial charge in [0.25, 0.3) is 11.8 Å². The zero-order valence-electron chi connectivity index (χ0n) is 24.1. The van der Waals surface area contributed by atoms with E-state index in [4.69, 9.17) is 23.4 Å². The Hall–Kier alpha value is -4.71. The Morgan fingerprint density at radius 3 is 2.07 bits per heavy atom. The normalized spacial score (nSPS) is 12.4. The number of carbonyl (C=O) groups is 2. The average molecular weight is 591 g/mol. The van der Waals surface area contributed by atoms with Crippen LogP contribution in [0.1, 0.15) is 27.2 Å². The fraction of sp³-hybridized carbons (Fsp3) is 0.281. The van der Waals surface area contributed by atoms with Gasteiger partial charge >= 0.3 is 0 Å². The van der Waals surface area contributed by atoms with Gasteiger partial charge in [-0.25, -0.2) is 0 Å². The van der Waals surface area contributed by atoms with Crippen LogP contribution in [0.4, 0.5) is 0 Å². The van der Waals surface area contributed by atoms with Crippen molar-refractivity contribution in [2.45, 2.75) is 32.0 Å². The van der Waals surface area contributed by atoms with E-state index in [0.29, 0.717) is 0 Å². The third-order valence-corrected chi connectivity index (χ3v) is 6.63. The number of aliphatic hydroxyl groups excluding tert-OH is 1. The number of benzene rings is 3. The highest BCUT2D eigenvalue weighted by Gasteiger charge is 2.30. The van der Waals surface area contributed by atoms with Crippen LogP contribution in [0.2, 0.25) is 0 Å². The molecule has 0 aliphatic carbocycles. The minimum absolute atomic E-state index is 0.0368. The molecule has 3 N–H and O–H groups in total. The van der Waals surface area contributed by atoms with Crippen LogP contribution in [0.3, 0.4) is 0 Å². The molecule has 0 saturated carbocycles. The van der Waals surface area contributed by atoms with Crippen LogP contribution in [0, 0.1) is 6.92 Å². The average Bonchev–Trinajstić information content (AvgIpc) is 3.03. The monoisotopic (exact) mass is 590 g/mol. The number of nitrogens with one attached hydrogen (secondary N) is 2. The highest BCUT2D eigenvalue weighted by molar-refractivity contribution is 5.96. The number of hydrogen-bond acceptors (Lipinski definition) is 9. The lowest BCUT2D eigenvalue weighted by Gasteiger charge is -2.24. The lowest BCUT2D eigenvalue weighted by atomic mass is 10.00. The van der Waals surface area contributed by atoms with E-state index in [2.05, 4.69) is 10.6 Å². The molecule has 1 heterocycles. The number of amides is 2. The summed E-state index contributed by atoms with van der Waals surface area (Å²) in [4.78, 5) is 39.9. The Labute approximate surface area is 248 Å². The van der Waals surface area contributed by atoms with Gasteiger partial charge in [0.15, 0.2) is 42.4 Å². The number of fused-ring (bicyclic) bond motifs is 1. The first-order valence-electron chi connectivity index (χ1n) is 13.5. The molecule has 4 aromatic rings. The minimum Gasteiger partial charge on any atom is -0.464 e. The fourth-order valence-electron chi connectivity index (χ4n) is 4.40. The van der Waals surface area contributed by atoms with Crippen molar-refractivity contribution < 1.29 is 38.1 Å². The van der Waals surface area contributed by atoms with Gasteiger partial charge in [-0.05, 0) is 30.5 Å². The number of carbonyl (C=O) groups excluding carboxylic acids is 2. The van der Waals surface area contributed by atoms with Crippen LogP contribution in [0.15, 0.2) is 82.0 Å². The third-order valence-electron chi connectivity index (χ3n) is 6.63. The summed E-state index contributed by atoms with van der Waals surface area (Å²) < 4.78 is 27.0. The summed E-state index contributed by atoms with van der Waals surface area (Å²) >= 11 is 0. The van der Waals surface area contributed by atoms with E-state index in [1.165, 1.54) is 33.3 Å². The Balaban J connectivity index is 1.63. The van der Waals surface area contributed by atoms with E-state index >= 15 is 0 Å². The number of methoxy groups -OCH3 is 2. The van der Waals surface area contributed by atoms with Crippen molar-refractivity contribution in [2.24, 2.45) is 0 Å². The molecule has 3 aromatic carbocycles. The quantitative estimate of drug-likeness (QED) is 0.189. The molecule has 0 spiro atoms. The lowest BCUT2D eigenvalue weighted by Crippen LogP contribution is -2.51. The van der Waals surface area contributed by atoms with Crippen molar-refractivity contribution in [1.29, 1.82) is 0 Å². The Morgan fingerprint density at radius 2 is 1.47 bits per heavy atom. The Kier molecular flexibility index (Phi) is 10.9. The van der Waals surface area contributed by atoms with Gasteiger partial charge in [0, 0.05) is 32.4 Å². The molecule has 1 unspecified atom stereocenters. The summed E-state index contributed by atoms with van der Waals surface area (Å²) in [6.07, 6.45) is -1.46. The second-order valence-corrected chi connectivity index (χ2v) is 9.70. The molecule has 0 aliphatic heterocycles. The maximum atomic E-state index is 13.6. The summed E-state index contributed by atoms with van der Waals surface area (Å²) in [5.74, 6) is -1.27. The molecule has 0 bridgehead atoms. The number of aliphatic hydroxyl groups is 1. The molecular weight excluding hydrogens is 556 g/mol. The number of hydrogen-bond donors (Lipinski definition) is 3. The first kappa shape index (κ1) is 31.2. The first-order valence-corrected chi connectivity index (χ1v) is 13.5. The standard InChI is InChI=1S/C32H34N2O9/c1-20-28(35)23-15-26(41-18-39-2)27(42-19-40-3)16-25(23)43-30(20)32(38)34-24(14-21-10-6-4-7-11-21)29(36)31(37)33-17-22-12-8-5-9-13-22/h4-13,15-16,24,29,36H,14,17-19H2,1-3H3,(H,33,37)(H,34,38)/t24-,29?/m0/s1. The SMILES string of the molecule is COCOc1cc2oc(C(=O)N[C@@H](Cc3ccccc3)C(O)C(=O)NCc3ccccc3)c(C)c(=O)c2cc1OCOC. The van der Waals surface area contributed by atoms with Crippen molar-refractivity contribution >= 4 is 22.8 Å². The number of rotatable bonds is 14. The van der Waals surface area contributed by atoms with Gasteiger partial charge in [0.05, 0.1) is 11.4 Å². The second-order valence-electron chi connectivity index (χ2n) is 9.70. The maximum Gasteiger partial charge on any atom is 0.287 e. The Morgan fingerprint density at radius 1 is 0.884 bits per heavy atom. The van der Waals surface area contributed by atoms with Crippen LogP contribution in [0.5, 0.6) is 11.5 Å². The van der Waals surface area contributed by atoms with Gasteiger partial charge in [0.2, 0.25) is 0 Å². The van der Waals surface area contributed by atoms with Crippen LogP contribution in [-0.4, -0.2) is 56.9 Å². The molecular formula is C32H34N2O9. The first-order chi connectivity index (χ1) is 20.8. The van der Waals surface area contributed by atoms with E-state index in [1.807, 2.05) is 60.7 Å². The molecule has 11 nitrogen and oxygen atoms in total. The largest absolute Gasteiger partial charge is 0.464 e. The van der Waals surface area contributed by atoms with E-state index < -0.39 is 29.4 Å². The van der Waals surface area contributed by atoms with Crippen molar-refractivity contribution in [2.75, 3.05) is 27.8 Å². The highest BCUT2D eigenvalue weighted by Crippen LogP contribution is 2.32. The summed E-state index contributed by atoms with van der Waals surface area (Å²) in [5.41, 5.74) is 1.27. The smallest absolute Gasteiger partial charge is 0.287 e. The summed E-state index contributed by atoms with van der Waals surface area (Å²) in [5, 5.41) is 16.6. The summed E-state index contributed by atoms with van der Waals surface area (Å²) in [7, 11) is 2.90. The lowest BCUT2D eigenvalue weighted by molar-refractivity contribution is -0.130. The summed E-state index contributed by atoms with van der Waals surface area (Å²) in [6.45, 7) is 1.46. The van der Waals surface area contributed by atoms with Crippen LogP contribution in [-0.2, 0) is 27.2 Å². The van der Waals surface area contributed by atoms with Crippen LogP contribution >= 0.6 is 0 Å². The van der Waals surface area contributed by atoms with Gasteiger partial charge in [-0.3, -0.25) is 14.4 Å². The molecule has 2 atom stereocenters. The Bertz CT molecular complexity index is 1590. The van der Waals surface area contributed by atoms with E-state index in [-0.39, 0.29) is 60.3 Å². The molecule has 4 rings (SSSR count). The van der Waals surface area contributed by atoms with Crippen molar-refractivity contribution in [3.63, 3.8) is 0 Å². The molecule has 43 heavy (non-hydrogen) atoms. The van der Waals surface area contributed by atoms with E-state index in [9.17, 15) is 19.5 Å². The molecule has 1 aromatic heterocycles. The van der Waals surface area contributed by atoms with Crippen LogP contribution < -0.4 is 25.5 Å². The topological polar surface area (TPSA) is 146 Å². The van der Waals surface area contributed by atoms with Crippen molar-refractivity contribution in [1.82, 2.24) is 10.6 Å². The van der Waals surface area contributed by atoms with Crippen molar-refractivity contribution in [3.05, 3.63) is 105 Å². The second kappa shape index (κ2) is 15.0. The van der Waals surface area contributed by atoms with E-state index in [0.717, 1.165) is 11.1 Å². The van der Waals surface area contributed by atoms with Crippen LogP contribution in [0.25, 0.3) is 11.0 Å². The zero-order valence-corrected chi connectivity index (χ0v) is 24.1. The highest BCUT2D eigenvalue weighted by atomic mass is 16.7. The third kappa shape index (κ3) is 7.98. The minimum atomic E-state index is -1.60. The van der Waals surface area contributed by atoms with Gasteiger partial charge in [-0.2, -0.15) is 0 Å². The van der Waals surface area contributed by atoms with Gasteiger partial charge in [0.1, 0.15) is 5.58 Å². The molecule has 2 amide bonds. The summed E-state index contributed by atoms with van der Waals surface area (Å²) in [6, 6.07) is 20.2. The molecule has 0 saturated heterocycles. The van der Waals surface area contributed by atoms with Gasteiger partial charge in [-0.1, -0.05) is 60.7 Å². The fourth-order valence-corrected chi connectivity index (χ4v) is 4.40. The zero-order chi connectivity index (χ0) is 30.8. The van der Waals surface area contributed by atoms with E-state index in [1.54, 1.807) is 0 Å². The molecule has 0 radical (unpaired) electrons.